The van der Waals surface area contributed by atoms with Gasteiger partial charge in [-0.1, -0.05) is 0 Å². The van der Waals surface area contributed by atoms with Gasteiger partial charge >= 0.3 is 0 Å². The summed E-state index contributed by atoms with van der Waals surface area (Å²) in [5.41, 5.74) is 12.1. The second-order valence-electron chi connectivity index (χ2n) is 4.38. The van der Waals surface area contributed by atoms with Crippen LogP contribution in [0.25, 0.3) is 0 Å². The fourth-order valence-corrected chi connectivity index (χ4v) is 2.20. The van der Waals surface area contributed by atoms with Crippen molar-refractivity contribution in [3.05, 3.63) is 17.9 Å². The Hall–Kier alpha value is -1.98. The number of hydrogen-bond donors (Lipinski definition) is 2. The summed E-state index contributed by atoms with van der Waals surface area (Å²) in [4.78, 5) is 13.0. The number of anilines is 2. The largest absolute Gasteiger partial charge is 0.494 e. The zero-order chi connectivity index (χ0) is 13.3. The number of carbonyl (C=O) groups is 1. The zero-order valence-corrected chi connectivity index (χ0v) is 10.1. The van der Waals surface area contributed by atoms with E-state index < -0.39 is 5.82 Å². The minimum Gasteiger partial charge on any atom is -0.494 e. The van der Waals surface area contributed by atoms with Crippen LogP contribution in [0.3, 0.4) is 0 Å². The Kier molecular flexibility index (Phi) is 3.27. The van der Waals surface area contributed by atoms with Crippen molar-refractivity contribution in [2.75, 3.05) is 30.8 Å². The normalized spacial score (nSPS) is 19.0. The average molecular weight is 253 g/mol. The molecule has 1 aliphatic rings. The highest BCUT2D eigenvalue weighted by Crippen LogP contribution is 2.33. The Morgan fingerprint density at radius 3 is 2.83 bits per heavy atom. The van der Waals surface area contributed by atoms with Gasteiger partial charge < -0.3 is 21.1 Å². The monoisotopic (exact) mass is 253 g/mol. The zero-order valence-electron chi connectivity index (χ0n) is 10.1. The Morgan fingerprint density at radius 2 is 2.28 bits per heavy atom. The average Bonchev–Trinajstić information content (AvgIpc) is 2.78. The second-order valence-corrected chi connectivity index (χ2v) is 4.38. The minimum absolute atomic E-state index is 0.140. The molecule has 1 aliphatic heterocycles. The van der Waals surface area contributed by atoms with Crippen molar-refractivity contribution in [1.82, 2.24) is 0 Å². The number of methoxy groups -OCH3 is 1. The van der Waals surface area contributed by atoms with Crippen LogP contribution in [-0.4, -0.2) is 26.1 Å². The molecule has 1 fully saturated rings. The van der Waals surface area contributed by atoms with Gasteiger partial charge in [0, 0.05) is 25.2 Å². The van der Waals surface area contributed by atoms with E-state index in [4.69, 9.17) is 16.2 Å². The van der Waals surface area contributed by atoms with Gasteiger partial charge in [-0.25, -0.2) is 4.39 Å². The molecule has 2 rings (SSSR count). The summed E-state index contributed by atoms with van der Waals surface area (Å²) in [7, 11) is 1.40. The number of hydrogen-bond acceptors (Lipinski definition) is 4. The first-order valence-corrected chi connectivity index (χ1v) is 5.70. The van der Waals surface area contributed by atoms with E-state index in [1.54, 1.807) is 6.07 Å². The molecule has 0 saturated carbocycles. The molecule has 0 aliphatic carbocycles. The topological polar surface area (TPSA) is 81.6 Å². The quantitative estimate of drug-likeness (QED) is 0.778. The van der Waals surface area contributed by atoms with Crippen molar-refractivity contribution in [2.45, 2.75) is 6.42 Å². The lowest BCUT2D eigenvalue weighted by Crippen LogP contribution is -2.27. The maximum atomic E-state index is 13.4. The van der Waals surface area contributed by atoms with E-state index in [2.05, 4.69) is 0 Å². The number of nitrogen functional groups attached to an aromatic ring is 1. The highest BCUT2D eigenvalue weighted by molar-refractivity contribution is 5.79. The van der Waals surface area contributed by atoms with E-state index in [1.165, 1.54) is 13.2 Å². The number of ether oxygens (including phenoxy) is 1. The van der Waals surface area contributed by atoms with Gasteiger partial charge in [0.25, 0.3) is 0 Å². The molecule has 0 bridgehead atoms. The summed E-state index contributed by atoms with van der Waals surface area (Å²) in [6.45, 7) is 1.18. The molecule has 1 unspecified atom stereocenters. The summed E-state index contributed by atoms with van der Waals surface area (Å²) in [6, 6.07) is 2.78. The van der Waals surface area contributed by atoms with Gasteiger partial charge in [0.05, 0.1) is 24.4 Å². The summed E-state index contributed by atoms with van der Waals surface area (Å²) in [6.07, 6.45) is 0.689. The summed E-state index contributed by atoms with van der Waals surface area (Å²) in [5.74, 6) is -0.850. The lowest BCUT2D eigenvalue weighted by atomic mass is 10.1. The van der Waals surface area contributed by atoms with Gasteiger partial charge in [-0.2, -0.15) is 0 Å². The van der Waals surface area contributed by atoms with Crippen LogP contribution in [0.2, 0.25) is 0 Å². The first-order chi connectivity index (χ1) is 8.52. The number of amides is 1. The highest BCUT2D eigenvalue weighted by atomic mass is 19.1. The number of nitrogens with zero attached hydrogens (tertiary/aromatic N) is 1. The Labute approximate surface area is 104 Å². The third kappa shape index (κ3) is 2.18. The molecule has 1 heterocycles. The molecule has 1 saturated heterocycles. The maximum absolute atomic E-state index is 13.4. The van der Waals surface area contributed by atoms with Crippen LogP contribution in [0.5, 0.6) is 5.75 Å². The molecule has 1 atom stereocenters. The number of carbonyl (C=O) groups excluding carboxylic acids is 1. The Balaban J connectivity index is 2.26. The standard InChI is InChI=1S/C12H16FN3O2/c1-18-11-5-10(9(14)4-8(11)13)16-3-2-7(6-16)12(15)17/h4-5,7H,2-3,6,14H2,1H3,(H2,15,17). The van der Waals surface area contributed by atoms with Crippen LogP contribution >= 0.6 is 0 Å². The molecule has 1 aromatic carbocycles. The van der Waals surface area contributed by atoms with E-state index in [1.807, 2.05) is 4.90 Å². The molecule has 6 heteroatoms. The first kappa shape index (κ1) is 12.5. The van der Waals surface area contributed by atoms with Gasteiger partial charge in [0.1, 0.15) is 0 Å². The van der Waals surface area contributed by atoms with Crippen LogP contribution < -0.4 is 21.1 Å². The fraction of sp³-hybridized carbons (Fsp3) is 0.417. The van der Waals surface area contributed by atoms with Gasteiger partial charge in [-0.05, 0) is 6.42 Å². The van der Waals surface area contributed by atoms with Gasteiger partial charge in [0.15, 0.2) is 11.6 Å². The van der Waals surface area contributed by atoms with E-state index in [0.29, 0.717) is 30.9 Å². The summed E-state index contributed by atoms with van der Waals surface area (Å²) in [5, 5.41) is 0. The van der Waals surface area contributed by atoms with Gasteiger partial charge in [0.2, 0.25) is 5.91 Å². The van der Waals surface area contributed by atoms with Crippen LogP contribution in [0.4, 0.5) is 15.8 Å². The molecule has 98 valence electrons. The van der Waals surface area contributed by atoms with Crippen molar-refractivity contribution in [2.24, 2.45) is 11.7 Å². The molecule has 4 N–H and O–H groups in total. The number of halogens is 1. The van der Waals surface area contributed by atoms with Gasteiger partial charge in [-0.3, -0.25) is 4.79 Å². The lowest BCUT2D eigenvalue weighted by molar-refractivity contribution is -0.121. The Morgan fingerprint density at radius 1 is 1.56 bits per heavy atom. The van der Waals surface area contributed by atoms with Crippen molar-refractivity contribution < 1.29 is 13.9 Å². The third-order valence-electron chi connectivity index (χ3n) is 3.23. The predicted octanol–water partition coefficient (Wildman–Crippen LogP) is 0.728. The van der Waals surface area contributed by atoms with E-state index in [-0.39, 0.29) is 17.6 Å². The van der Waals surface area contributed by atoms with E-state index in [0.717, 1.165) is 0 Å². The molecule has 1 amide bonds. The molecule has 0 aromatic heterocycles. The van der Waals surface area contributed by atoms with Crippen molar-refractivity contribution in [3.63, 3.8) is 0 Å². The summed E-state index contributed by atoms with van der Waals surface area (Å²) >= 11 is 0. The molecule has 1 aromatic rings. The molecular formula is C12H16FN3O2. The van der Waals surface area contributed by atoms with Crippen molar-refractivity contribution >= 4 is 17.3 Å². The third-order valence-corrected chi connectivity index (χ3v) is 3.23. The maximum Gasteiger partial charge on any atom is 0.222 e. The van der Waals surface area contributed by atoms with Crippen LogP contribution in [0, 0.1) is 11.7 Å². The second kappa shape index (κ2) is 4.72. The number of benzene rings is 1. The smallest absolute Gasteiger partial charge is 0.222 e. The number of rotatable bonds is 3. The van der Waals surface area contributed by atoms with Crippen molar-refractivity contribution in [3.8, 4) is 5.75 Å². The predicted molar refractivity (Wildman–Crippen MR) is 66.9 cm³/mol. The fourth-order valence-electron chi connectivity index (χ4n) is 2.20. The van der Waals surface area contributed by atoms with E-state index >= 15 is 0 Å². The Bertz CT molecular complexity index is 479. The van der Waals surface area contributed by atoms with E-state index in [9.17, 15) is 9.18 Å². The number of primary amides is 1. The first-order valence-electron chi connectivity index (χ1n) is 5.70. The van der Waals surface area contributed by atoms with Crippen LogP contribution in [0.1, 0.15) is 6.42 Å². The van der Waals surface area contributed by atoms with Crippen LogP contribution in [0.15, 0.2) is 12.1 Å². The van der Waals surface area contributed by atoms with Crippen LogP contribution in [-0.2, 0) is 4.79 Å². The highest BCUT2D eigenvalue weighted by Gasteiger charge is 2.28. The van der Waals surface area contributed by atoms with Crippen molar-refractivity contribution in [1.29, 1.82) is 0 Å². The number of nitrogens with two attached hydrogens (primary N) is 2. The minimum atomic E-state index is -0.496. The molecule has 0 radical (unpaired) electrons. The van der Waals surface area contributed by atoms with Gasteiger partial charge in [-0.15, -0.1) is 0 Å². The molecule has 0 spiro atoms. The molecule has 5 nitrogen and oxygen atoms in total. The lowest BCUT2D eigenvalue weighted by Gasteiger charge is -2.21. The molecule has 18 heavy (non-hydrogen) atoms. The SMILES string of the molecule is COc1cc(N2CCC(C(N)=O)C2)c(N)cc1F. The summed E-state index contributed by atoms with van der Waals surface area (Å²) < 4.78 is 18.4. The molecular weight excluding hydrogens is 237 g/mol.